The lowest BCUT2D eigenvalue weighted by Gasteiger charge is -2.10. The van der Waals surface area contributed by atoms with Gasteiger partial charge in [0.1, 0.15) is 12.4 Å². The van der Waals surface area contributed by atoms with E-state index in [0.29, 0.717) is 43.2 Å². The molecule has 32 heavy (non-hydrogen) atoms. The van der Waals surface area contributed by atoms with Gasteiger partial charge in [0.25, 0.3) is 5.91 Å². The second-order valence-electron chi connectivity index (χ2n) is 6.62. The van der Waals surface area contributed by atoms with E-state index in [1.165, 1.54) is 11.8 Å². The van der Waals surface area contributed by atoms with Crippen LogP contribution in [-0.2, 0) is 11.4 Å². The highest BCUT2D eigenvalue weighted by Gasteiger charge is 2.24. The second kappa shape index (κ2) is 10.3. The minimum Gasteiger partial charge on any atom is -0.488 e. The van der Waals surface area contributed by atoms with Crippen molar-refractivity contribution in [2.24, 2.45) is 4.99 Å². The number of halogens is 4. The molecule has 1 N–H and O–H groups in total. The predicted molar refractivity (Wildman–Crippen MR) is 137 cm³/mol. The molecule has 1 aliphatic heterocycles. The summed E-state index contributed by atoms with van der Waals surface area (Å²) in [6.45, 7) is 0.350. The van der Waals surface area contributed by atoms with Gasteiger partial charge < -0.3 is 10.1 Å². The molecular weight excluding hydrogens is 555 g/mol. The molecule has 0 radical (unpaired) electrons. The molecule has 4 rings (SSSR count). The molecule has 1 fully saturated rings. The number of amides is 1. The Bertz CT molecular complexity index is 1260. The van der Waals surface area contributed by atoms with Crippen molar-refractivity contribution in [3.8, 4) is 5.75 Å². The normalized spacial score (nSPS) is 15.9. The van der Waals surface area contributed by atoms with Crippen molar-refractivity contribution in [1.29, 1.82) is 0 Å². The zero-order chi connectivity index (χ0) is 22.7. The topological polar surface area (TPSA) is 50.7 Å². The number of carbonyl (C=O) groups is 1. The van der Waals surface area contributed by atoms with Crippen LogP contribution >= 0.6 is 62.5 Å². The molecule has 9 heteroatoms. The van der Waals surface area contributed by atoms with Crippen LogP contribution in [0.1, 0.15) is 11.1 Å². The van der Waals surface area contributed by atoms with Gasteiger partial charge in [-0.15, -0.1) is 0 Å². The van der Waals surface area contributed by atoms with E-state index in [1.54, 1.807) is 24.3 Å². The van der Waals surface area contributed by atoms with Crippen molar-refractivity contribution in [3.05, 3.63) is 96.2 Å². The number of rotatable bonds is 5. The summed E-state index contributed by atoms with van der Waals surface area (Å²) >= 11 is 23.1. The Balaban J connectivity index is 1.48. The first-order chi connectivity index (χ1) is 15.4. The van der Waals surface area contributed by atoms with Crippen LogP contribution in [0.3, 0.4) is 0 Å². The van der Waals surface area contributed by atoms with Crippen LogP contribution in [0.25, 0.3) is 6.08 Å². The highest BCUT2D eigenvalue weighted by atomic mass is 79.9. The Morgan fingerprint density at radius 2 is 1.81 bits per heavy atom. The zero-order valence-electron chi connectivity index (χ0n) is 16.2. The number of benzene rings is 3. The van der Waals surface area contributed by atoms with E-state index in [1.807, 2.05) is 42.5 Å². The summed E-state index contributed by atoms with van der Waals surface area (Å²) in [7, 11) is 0. The van der Waals surface area contributed by atoms with E-state index in [9.17, 15) is 4.79 Å². The lowest BCUT2D eigenvalue weighted by atomic mass is 10.2. The highest BCUT2D eigenvalue weighted by molar-refractivity contribution is 9.10. The van der Waals surface area contributed by atoms with Gasteiger partial charge in [-0.1, -0.05) is 65.1 Å². The molecule has 0 saturated carbocycles. The molecule has 0 aliphatic carbocycles. The van der Waals surface area contributed by atoms with E-state index in [-0.39, 0.29) is 5.91 Å². The quantitative estimate of drug-likeness (QED) is 0.319. The first-order valence-electron chi connectivity index (χ1n) is 9.30. The van der Waals surface area contributed by atoms with Crippen molar-refractivity contribution in [3.63, 3.8) is 0 Å². The number of nitrogens with zero attached hydrogens (tertiary/aromatic N) is 1. The number of carbonyl (C=O) groups excluding carboxylic acids is 1. The molecule has 0 unspecified atom stereocenters. The van der Waals surface area contributed by atoms with Crippen LogP contribution in [0.5, 0.6) is 5.75 Å². The standard InChI is InChI=1S/C23H14BrCl3N2O2S/c24-15-10-13(8-9-19(15)31-12-14-4-1-2-5-16(14)25)11-20-22(30)29-23(32-20)28-18-7-3-6-17(26)21(18)27/h1-11H,12H2,(H,28,29,30)/b20-11-. The number of aliphatic imine (C=N–C) groups is 1. The Kier molecular flexibility index (Phi) is 7.48. The van der Waals surface area contributed by atoms with Crippen LogP contribution in [0, 0.1) is 0 Å². The summed E-state index contributed by atoms with van der Waals surface area (Å²) in [5, 5.41) is 4.58. The van der Waals surface area contributed by atoms with Crippen molar-refractivity contribution in [2.45, 2.75) is 6.61 Å². The molecule has 0 atom stereocenters. The average Bonchev–Trinajstić information content (AvgIpc) is 3.10. The number of ether oxygens (including phenoxy) is 1. The summed E-state index contributed by atoms with van der Waals surface area (Å²) in [4.78, 5) is 17.3. The van der Waals surface area contributed by atoms with E-state index in [2.05, 4.69) is 26.2 Å². The van der Waals surface area contributed by atoms with Crippen LogP contribution in [0.4, 0.5) is 5.69 Å². The number of hydrogen-bond acceptors (Lipinski definition) is 4. The Morgan fingerprint density at radius 1 is 1.03 bits per heavy atom. The Labute approximate surface area is 212 Å². The fourth-order valence-electron chi connectivity index (χ4n) is 2.81. The summed E-state index contributed by atoms with van der Waals surface area (Å²) in [5.74, 6) is 0.440. The lowest BCUT2D eigenvalue weighted by molar-refractivity contribution is -0.115. The molecule has 162 valence electrons. The summed E-state index contributed by atoms with van der Waals surface area (Å²) in [6, 6.07) is 18.3. The first-order valence-corrected chi connectivity index (χ1v) is 12.0. The van der Waals surface area contributed by atoms with Gasteiger partial charge in [-0.05, 0) is 69.7 Å². The minimum atomic E-state index is -0.234. The number of amidine groups is 1. The molecule has 1 amide bonds. The first kappa shape index (κ1) is 23.2. The molecular formula is C23H14BrCl3N2O2S. The van der Waals surface area contributed by atoms with Gasteiger partial charge in [-0.25, -0.2) is 4.99 Å². The number of nitrogens with one attached hydrogen (secondary N) is 1. The molecule has 0 aromatic heterocycles. The van der Waals surface area contributed by atoms with Crippen molar-refractivity contribution in [2.75, 3.05) is 0 Å². The number of hydrogen-bond donors (Lipinski definition) is 1. The van der Waals surface area contributed by atoms with Crippen molar-refractivity contribution >= 4 is 85.3 Å². The van der Waals surface area contributed by atoms with Gasteiger partial charge in [0.05, 0.1) is 25.1 Å². The van der Waals surface area contributed by atoms with Crippen LogP contribution in [0.2, 0.25) is 15.1 Å². The van der Waals surface area contributed by atoms with Crippen molar-refractivity contribution < 1.29 is 9.53 Å². The highest BCUT2D eigenvalue weighted by Crippen LogP contribution is 2.35. The predicted octanol–water partition coefficient (Wildman–Crippen LogP) is 7.88. The zero-order valence-corrected chi connectivity index (χ0v) is 20.9. The van der Waals surface area contributed by atoms with E-state index < -0.39 is 0 Å². The van der Waals surface area contributed by atoms with Crippen LogP contribution < -0.4 is 10.1 Å². The third kappa shape index (κ3) is 5.50. The lowest BCUT2D eigenvalue weighted by Crippen LogP contribution is -2.19. The molecule has 4 nitrogen and oxygen atoms in total. The molecule has 3 aromatic rings. The molecule has 1 saturated heterocycles. The summed E-state index contributed by atoms with van der Waals surface area (Å²) in [6.07, 6.45) is 1.78. The third-order valence-electron chi connectivity index (χ3n) is 4.40. The average molecular weight is 569 g/mol. The summed E-state index contributed by atoms with van der Waals surface area (Å²) in [5.41, 5.74) is 2.23. The van der Waals surface area contributed by atoms with Crippen LogP contribution in [0.15, 0.2) is 75.0 Å². The van der Waals surface area contributed by atoms with Gasteiger partial charge in [0.2, 0.25) is 0 Å². The molecule has 1 aliphatic rings. The van der Waals surface area contributed by atoms with E-state index in [0.717, 1.165) is 15.6 Å². The monoisotopic (exact) mass is 566 g/mol. The number of thioether (sulfide) groups is 1. The van der Waals surface area contributed by atoms with Crippen molar-refractivity contribution in [1.82, 2.24) is 5.32 Å². The fourth-order valence-corrected chi connectivity index (χ4v) is 4.69. The largest absolute Gasteiger partial charge is 0.488 e. The molecule has 0 spiro atoms. The minimum absolute atomic E-state index is 0.234. The SMILES string of the molecule is O=C1NC(=Nc2cccc(Cl)c2Cl)S/C1=C\c1ccc(OCc2ccccc2Cl)c(Br)c1. The van der Waals surface area contributed by atoms with Crippen LogP contribution in [-0.4, -0.2) is 11.1 Å². The second-order valence-corrected chi connectivity index (χ2v) is 9.70. The maximum atomic E-state index is 12.4. The Morgan fingerprint density at radius 3 is 2.59 bits per heavy atom. The maximum Gasteiger partial charge on any atom is 0.264 e. The van der Waals surface area contributed by atoms with Gasteiger partial charge in [-0.2, -0.15) is 0 Å². The fraction of sp³-hybridized carbons (Fsp3) is 0.0435. The van der Waals surface area contributed by atoms with E-state index in [4.69, 9.17) is 39.5 Å². The van der Waals surface area contributed by atoms with Gasteiger partial charge >= 0.3 is 0 Å². The Hall–Kier alpha value is -1.96. The molecule has 0 bridgehead atoms. The maximum absolute atomic E-state index is 12.4. The molecule has 1 heterocycles. The molecule has 3 aromatic carbocycles. The smallest absolute Gasteiger partial charge is 0.264 e. The third-order valence-corrected chi connectivity index (χ3v) is 7.11. The van der Waals surface area contributed by atoms with Gasteiger partial charge in [0, 0.05) is 10.6 Å². The summed E-state index contributed by atoms with van der Waals surface area (Å²) < 4.78 is 6.64. The van der Waals surface area contributed by atoms with Gasteiger partial charge in [-0.3, -0.25) is 4.79 Å². The van der Waals surface area contributed by atoms with Gasteiger partial charge in [0.15, 0.2) is 5.17 Å². The van der Waals surface area contributed by atoms with E-state index >= 15 is 0 Å².